The van der Waals surface area contributed by atoms with E-state index in [2.05, 4.69) is 27.2 Å². The molecule has 0 radical (unpaired) electrons. The first-order valence-electron chi connectivity index (χ1n) is 13.1. The predicted molar refractivity (Wildman–Crippen MR) is 154 cm³/mol. The summed E-state index contributed by atoms with van der Waals surface area (Å²) in [6, 6.07) is 11.1. The van der Waals surface area contributed by atoms with Gasteiger partial charge in [-0.2, -0.15) is 4.98 Å². The monoisotopic (exact) mass is 536 g/mol. The number of hydrogen-bond donors (Lipinski definition) is 2. The third-order valence-electron chi connectivity index (χ3n) is 7.15. The second-order valence-electron chi connectivity index (χ2n) is 9.83. The third kappa shape index (κ3) is 4.35. The molecule has 11 heteroatoms. The van der Waals surface area contributed by atoms with Gasteiger partial charge in [0.1, 0.15) is 11.4 Å². The maximum absolute atomic E-state index is 14.3. The van der Waals surface area contributed by atoms with Gasteiger partial charge in [-0.05, 0) is 55.7 Å². The maximum atomic E-state index is 14.3. The van der Waals surface area contributed by atoms with Crippen LogP contribution in [0, 0.1) is 6.92 Å². The topological polar surface area (TPSA) is 125 Å². The molecule has 4 heterocycles. The van der Waals surface area contributed by atoms with E-state index in [0.717, 1.165) is 29.8 Å². The normalized spacial score (nSPS) is 14.6. The van der Waals surface area contributed by atoms with Crippen LogP contribution in [0.15, 0.2) is 66.2 Å². The molecule has 0 atom stereocenters. The van der Waals surface area contributed by atoms with Gasteiger partial charge < -0.3 is 20.4 Å². The van der Waals surface area contributed by atoms with Gasteiger partial charge >= 0.3 is 0 Å². The molecule has 1 saturated carbocycles. The van der Waals surface area contributed by atoms with Crippen molar-refractivity contribution in [3.8, 4) is 5.69 Å². The summed E-state index contributed by atoms with van der Waals surface area (Å²) in [4.78, 5) is 56.2. The van der Waals surface area contributed by atoms with Crippen molar-refractivity contribution in [1.82, 2.24) is 24.8 Å². The fourth-order valence-corrected chi connectivity index (χ4v) is 5.00. The maximum Gasteiger partial charge on any atom is 0.280 e. The number of aromatic nitrogens is 4. The summed E-state index contributed by atoms with van der Waals surface area (Å²) in [5.74, 6) is -0.0736. The van der Waals surface area contributed by atoms with Crippen LogP contribution >= 0.6 is 0 Å². The second-order valence-corrected chi connectivity index (χ2v) is 9.83. The van der Waals surface area contributed by atoms with Crippen molar-refractivity contribution in [3.63, 3.8) is 0 Å². The highest BCUT2D eigenvalue weighted by atomic mass is 16.2. The van der Waals surface area contributed by atoms with Crippen LogP contribution in [0.3, 0.4) is 0 Å². The van der Waals surface area contributed by atoms with Crippen molar-refractivity contribution in [2.24, 2.45) is 0 Å². The molecule has 40 heavy (non-hydrogen) atoms. The number of fused-ring (bicyclic) bond motifs is 2. The molecule has 11 nitrogen and oxygen atoms in total. The van der Waals surface area contributed by atoms with Crippen molar-refractivity contribution in [1.29, 1.82) is 0 Å². The van der Waals surface area contributed by atoms with Crippen molar-refractivity contribution >= 4 is 45.9 Å². The van der Waals surface area contributed by atoms with Crippen molar-refractivity contribution in [3.05, 3.63) is 83.1 Å². The molecule has 1 fully saturated rings. The Morgan fingerprint density at radius 1 is 1.07 bits per heavy atom. The van der Waals surface area contributed by atoms with Gasteiger partial charge in [0.15, 0.2) is 5.65 Å². The van der Waals surface area contributed by atoms with E-state index in [4.69, 9.17) is 4.98 Å². The number of pyridine rings is 2. The van der Waals surface area contributed by atoms with E-state index in [-0.39, 0.29) is 23.1 Å². The molecule has 2 aliphatic rings. The first-order chi connectivity index (χ1) is 19.4. The van der Waals surface area contributed by atoms with Crippen molar-refractivity contribution < 1.29 is 9.59 Å². The molecular formula is C29H28N8O3. The molecule has 6 rings (SSSR count). The number of nitrogens with zero attached hydrogens (tertiary/aromatic N) is 6. The molecule has 202 valence electrons. The lowest BCUT2D eigenvalue weighted by molar-refractivity contribution is -0.114. The van der Waals surface area contributed by atoms with Crippen molar-refractivity contribution in [2.75, 3.05) is 35.3 Å². The Balaban J connectivity index is 1.55. The Bertz CT molecular complexity index is 1730. The fraction of sp³-hybridized carbons (Fsp3) is 0.241. The van der Waals surface area contributed by atoms with Gasteiger partial charge in [0.05, 0.1) is 23.3 Å². The Labute approximate surface area is 230 Å². The number of para-hydroxylation sites is 1. The number of aryl methyl sites for hydroxylation is 1. The molecule has 0 spiro atoms. The molecule has 2 N–H and O–H groups in total. The zero-order chi connectivity index (χ0) is 28.0. The van der Waals surface area contributed by atoms with Crippen LogP contribution in [0.25, 0.3) is 16.7 Å². The molecule has 1 aliphatic heterocycles. The molecule has 1 aromatic carbocycles. The first kappa shape index (κ1) is 25.2. The summed E-state index contributed by atoms with van der Waals surface area (Å²) in [6.07, 6.45) is 6.60. The number of nitrogens with one attached hydrogen (secondary N) is 2. The number of carbonyl (C=O) groups excluding carboxylic acids is 2. The highest BCUT2D eigenvalue weighted by Crippen LogP contribution is 2.39. The van der Waals surface area contributed by atoms with Gasteiger partial charge in [0.25, 0.3) is 17.4 Å². The largest absolute Gasteiger partial charge is 0.354 e. The second kappa shape index (κ2) is 9.92. The molecule has 0 bridgehead atoms. The predicted octanol–water partition coefficient (Wildman–Crippen LogP) is 3.09. The lowest BCUT2D eigenvalue weighted by Crippen LogP contribution is -2.43. The van der Waals surface area contributed by atoms with E-state index >= 15 is 0 Å². The number of hydrogen-bond acceptors (Lipinski definition) is 8. The summed E-state index contributed by atoms with van der Waals surface area (Å²) in [5, 5.41) is 6.51. The summed E-state index contributed by atoms with van der Waals surface area (Å²) < 4.78 is 1.50. The SMILES string of the molecule is C=CC(=O)N1CCN(c2cc3cnc(NC4CC4)nc3n(-c3ccc(C(=O)NC)nc3)c2=O)c2cccc(C)c21. The highest BCUT2D eigenvalue weighted by molar-refractivity contribution is 6.05. The summed E-state index contributed by atoms with van der Waals surface area (Å²) >= 11 is 0. The summed E-state index contributed by atoms with van der Waals surface area (Å²) in [5.41, 5.74) is 3.61. The Kier molecular flexibility index (Phi) is 6.25. The van der Waals surface area contributed by atoms with Crippen LogP contribution in [-0.2, 0) is 4.79 Å². The zero-order valence-corrected chi connectivity index (χ0v) is 22.2. The molecular weight excluding hydrogens is 508 g/mol. The standard InChI is InChI=1S/C29H28N8O3/c1-4-24(38)36-13-12-35(22-7-5-6-17(2)25(22)36)23-14-18-15-32-29(33-19-8-9-19)34-26(18)37(28(23)40)20-10-11-21(31-16-20)27(39)30-3/h4-7,10-11,14-16,19H,1,8-9,12-13H2,2-3H3,(H,30,39)(H,32,33,34). The van der Waals surface area contributed by atoms with E-state index in [1.807, 2.05) is 30.0 Å². The van der Waals surface area contributed by atoms with Crippen LogP contribution < -0.4 is 26.0 Å². The fourth-order valence-electron chi connectivity index (χ4n) is 5.00. The summed E-state index contributed by atoms with van der Waals surface area (Å²) in [7, 11) is 1.53. The highest BCUT2D eigenvalue weighted by Gasteiger charge is 2.30. The number of benzene rings is 1. The van der Waals surface area contributed by atoms with E-state index in [9.17, 15) is 14.4 Å². The van der Waals surface area contributed by atoms with Crippen LogP contribution in [-0.4, -0.2) is 57.5 Å². The van der Waals surface area contributed by atoms with Crippen LogP contribution in [0.2, 0.25) is 0 Å². The van der Waals surface area contributed by atoms with Gasteiger partial charge in [0, 0.05) is 37.8 Å². The lowest BCUT2D eigenvalue weighted by Gasteiger charge is -2.38. The smallest absolute Gasteiger partial charge is 0.280 e. The minimum atomic E-state index is -0.324. The minimum Gasteiger partial charge on any atom is -0.354 e. The van der Waals surface area contributed by atoms with Crippen LogP contribution in [0.5, 0.6) is 0 Å². The van der Waals surface area contributed by atoms with Crippen LogP contribution in [0.1, 0.15) is 28.9 Å². The van der Waals surface area contributed by atoms with Crippen molar-refractivity contribution in [2.45, 2.75) is 25.8 Å². The quantitative estimate of drug-likeness (QED) is 0.360. The number of amides is 2. The van der Waals surface area contributed by atoms with Gasteiger partial charge in [-0.1, -0.05) is 18.7 Å². The van der Waals surface area contributed by atoms with Gasteiger partial charge in [0.2, 0.25) is 5.95 Å². The molecule has 3 aromatic heterocycles. The number of rotatable bonds is 6. The average molecular weight is 537 g/mol. The van der Waals surface area contributed by atoms with E-state index in [1.165, 1.54) is 23.9 Å². The van der Waals surface area contributed by atoms with Gasteiger partial charge in [-0.15, -0.1) is 0 Å². The van der Waals surface area contributed by atoms with Gasteiger partial charge in [-0.3, -0.25) is 19.0 Å². The average Bonchev–Trinajstić information content (AvgIpc) is 3.80. The van der Waals surface area contributed by atoms with E-state index in [1.54, 1.807) is 29.3 Å². The number of anilines is 4. The third-order valence-corrected chi connectivity index (χ3v) is 7.15. The zero-order valence-electron chi connectivity index (χ0n) is 22.2. The Morgan fingerprint density at radius 3 is 2.60 bits per heavy atom. The van der Waals surface area contributed by atoms with Gasteiger partial charge in [-0.25, -0.2) is 9.97 Å². The summed E-state index contributed by atoms with van der Waals surface area (Å²) in [6.45, 7) is 6.36. The van der Waals surface area contributed by atoms with E-state index in [0.29, 0.717) is 47.5 Å². The first-order valence-corrected chi connectivity index (χ1v) is 13.1. The molecule has 4 aromatic rings. The van der Waals surface area contributed by atoms with Crippen LogP contribution in [0.4, 0.5) is 23.0 Å². The Morgan fingerprint density at radius 2 is 1.90 bits per heavy atom. The minimum absolute atomic E-state index is 0.197. The van der Waals surface area contributed by atoms with E-state index < -0.39 is 0 Å². The molecule has 0 unspecified atom stereocenters. The lowest BCUT2D eigenvalue weighted by atomic mass is 10.1. The number of carbonyl (C=O) groups is 2. The molecule has 1 aliphatic carbocycles. The Hall–Kier alpha value is -5.06. The molecule has 0 saturated heterocycles. The molecule has 2 amide bonds.